The molecular weight excluding hydrogens is 289 g/mol. The van der Waals surface area contributed by atoms with E-state index in [9.17, 15) is 13.2 Å². The largest absolute Gasteiger partial charge is 0.416 e. The van der Waals surface area contributed by atoms with Crippen LogP contribution in [0.5, 0.6) is 0 Å². The van der Waals surface area contributed by atoms with Crippen molar-refractivity contribution in [2.75, 3.05) is 5.32 Å². The fourth-order valence-electron chi connectivity index (χ4n) is 2.72. The molecule has 1 fully saturated rings. The van der Waals surface area contributed by atoms with Gasteiger partial charge >= 0.3 is 6.18 Å². The molecule has 6 heteroatoms. The number of halogens is 4. The second kappa shape index (κ2) is 6.20. The number of aromatic nitrogens is 1. The van der Waals surface area contributed by atoms with Crippen molar-refractivity contribution in [2.24, 2.45) is 5.92 Å². The van der Waals surface area contributed by atoms with Crippen molar-refractivity contribution in [2.45, 2.75) is 51.2 Å². The number of alkyl halides is 3. The first-order valence-electron chi connectivity index (χ1n) is 6.87. The van der Waals surface area contributed by atoms with Crippen molar-refractivity contribution >= 4 is 17.4 Å². The average Bonchev–Trinajstić information content (AvgIpc) is 2.38. The van der Waals surface area contributed by atoms with Crippen molar-refractivity contribution < 1.29 is 13.2 Å². The lowest BCUT2D eigenvalue weighted by molar-refractivity contribution is -0.137. The van der Waals surface area contributed by atoms with Gasteiger partial charge in [-0.25, -0.2) is 4.98 Å². The van der Waals surface area contributed by atoms with Crippen LogP contribution < -0.4 is 5.32 Å². The molecule has 1 atom stereocenters. The molecule has 0 saturated heterocycles. The molecule has 1 aliphatic carbocycles. The van der Waals surface area contributed by atoms with Gasteiger partial charge in [-0.2, -0.15) is 13.2 Å². The molecule has 1 aliphatic rings. The van der Waals surface area contributed by atoms with E-state index < -0.39 is 11.7 Å². The fraction of sp³-hybridized carbons (Fsp3) is 0.643. The molecule has 2 nitrogen and oxygen atoms in total. The van der Waals surface area contributed by atoms with E-state index in [4.69, 9.17) is 11.6 Å². The van der Waals surface area contributed by atoms with Crippen LogP contribution in [0.2, 0.25) is 5.15 Å². The zero-order chi connectivity index (χ0) is 14.8. The molecule has 1 unspecified atom stereocenters. The van der Waals surface area contributed by atoms with Crippen LogP contribution in [0.25, 0.3) is 0 Å². The molecule has 1 saturated carbocycles. The highest BCUT2D eigenvalue weighted by atomic mass is 35.5. The minimum atomic E-state index is -4.41. The normalized spacial score (nSPS) is 18.9. The van der Waals surface area contributed by atoms with Crippen molar-refractivity contribution in [3.8, 4) is 0 Å². The number of nitrogens with zero attached hydrogens (tertiary/aromatic N) is 1. The first kappa shape index (κ1) is 15.4. The Morgan fingerprint density at radius 3 is 2.50 bits per heavy atom. The lowest BCUT2D eigenvalue weighted by Crippen LogP contribution is -2.28. The molecule has 112 valence electrons. The van der Waals surface area contributed by atoms with Crippen molar-refractivity contribution in [3.63, 3.8) is 0 Å². The maximum absolute atomic E-state index is 12.7. The van der Waals surface area contributed by atoms with Gasteiger partial charge in [0.1, 0.15) is 11.0 Å². The number of rotatable bonds is 3. The van der Waals surface area contributed by atoms with Gasteiger partial charge in [0.25, 0.3) is 0 Å². The third-order valence-electron chi connectivity index (χ3n) is 3.85. The zero-order valence-corrected chi connectivity index (χ0v) is 12.1. The van der Waals surface area contributed by atoms with E-state index in [0.717, 1.165) is 25.0 Å². The summed E-state index contributed by atoms with van der Waals surface area (Å²) in [6.07, 6.45) is 1.44. The quantitative estimate of drug-likeness (QED) is 0.783. The Balaban J connectivity index is 2.10. The average molecular weight is 307 g/mol. The highest BCUT2D eigenvalue weighted by Gasteiger charge is 2.32. The molecule has 0 radical (unpaired) electrons. The first-order valence-corrected chi connectivity index (χ1v) is 7.25. The van der Waals surface area contributed by atoms with Crippen LogP contribution in [0.3, 0.4) is 0 Å². The van der Waals surface area contributed by atoms with Crippen LogP contribution >= 0.6 is 11.6 Å². The van der Waals surface area contributed by atoms with Crippen LogP contribution in [0, 0.1) is 5.92 Å². The molecule has 1 aromatic rings. The van der Waals surface area contributed by atoms with E-state index in [1.54, 1.807) is 0 Å². The maximum Gasteiger partial charge on any atom is 0.416 e. The van der Waals surface area contributed by atoms with Gasteiger partial charge < -0.3 is 5.32 Å². The highest BCUT2D eigenvalue weighted by molar-refractivity contribution is 6.29. The summed E-state index contributed by atoms with van der Waals surface area (Å²) in [6.45, 7) is 1.99. The molecule has 20 heavy (non-hydrogen) atoms. The molecule has 0 bridgehead atoms. The number of pyridine rings is 1. The Morgan fingerprint density at radius 1 is 1.25 bits per heavy atom. The standard InChI is InChI=1S/C14H18ClF3N2/c1-9(10-5-3-2-4-6-10)19-13-8-11(14(16,17)18)7-12(15)20-13/h7-10H,2-6H2,1H3,(H,19,20). The Hall–Kier alpha value is -0.970. The van der Waals surface area contributed by atoms with Gasteiger partial charge in [-0.3, -0.25) is 0 Å². The highest BCUT2D eigenvalue weighted by Crippen LogP contribution is 2.33. The zero-order valence-electron chi connectivity index (χ0n) is 11.3. The summed E-state index contributed by atoms with van der Waals surface area (Å²) in [5, 5.41) is 2.93. The minimum absolute atomic E-state index is 0.0994. The molecule has 1 heterocycles. The predicted molar refractivity (Wildman–Crippen MR) is 73.9 cm³/mol. The predicted octanol–water partition coefficient (Wildman–Crippen LogP) is 5.13. The molecule has 2 rings (SSSR count). The Morgan fingerprint density at radius 2 is 1.90 bits per heavy atom. The SMILES string of the molecule is CC(Nc1cc(C(F)(F)F)cc(Cl)n1)C1CCCCC1. The van der Waals surface area contributed by atoms with Crippen molar-refractivity contribution in [1.82, 2.24) is 4.98 Å². The van der Waals surface area contributed by atoms with E-state index >= 15 is 0 Å². The van der Waals surface area contributed by atoms with Gasteiger partial charge in [0.05, 0.1) is 5.56 Å². The first-order chi connectivity index (χ1) is 9.36. The molecule has 0 aliphatic heterocycles. The maximum atomic E-state index is 12.7. The number of anilines is 1. The van der Waals surface area contributed by atoms with E-state index in [-0.39, 0.29) is 17.0 Å². The van der Waals surface area contributed by atoms with E-state index in [1.807, 2.05) is 6.92 Å². The van der Waals surface area contributed by atoms with E-state index in [0.29, 0.717) is 5.92 Å². The monoisotopic (exact) mass is 306 g/mol. The van der Waals surface area contributed by atoms with E-state index in [1.165, 1.54) is 19.3 Å². The Kier molecular flexibility index (Phi) is 4.78. The van der Waals surface area contributed by atoms with Crippen LogP contribution in [0.4, 0.5) is 19.0 Å². The minimum Gasteiger partial charge on any atom is -0.367 e. The summed E-state index contributed by atoms with van der Waals surface area (Å²) in [7, 11) is 0. The molecule has 0 aromatic carbocycles. The summed E-state index contributed by atoms with van der Waals surface area (Å²) in [5.74, 6) is 0.682. The van der Waals surface area contributed by atoms with Crippen LogP contribution in [0.15, 0.2) is 12.1 Å². The Labute approximate surface area is 121 Å². The van der Waals surface area contributed by atoms with Gasteiger partial charge in [-0.15, -0.1) is 0 Å². The van der Waals surface area contributed by atoms with Gasteiger partial charge in [-0.1, -0.05) is 30.9 Å². The Bertz CT molecular complexity index is 456. The topological polar surface area (TPSA) is 24.9 Å². The van der Waals surface area contributed by atoms with Gasteiger partial charge in [0, 0.05) is 6.04 Å². The number of hydrogen-bond donors (Lipinski definition) is 1. The van der Waals surface area contributed by atoms with Crippen molar-refractivity contribution in [1.29, 1.82) is 0 Å². The second-order valence-electron chi connectivity index (χ2n) is 5.39. The molecular formula is C14H18ClF3N2. The molecule has 0 amide bonds. The third-order valence-corrected chi connectivity index (χ3v) is 4.05. The van der Waals surface area contributed by atoms with Gasteiger partial charge in [-0.05, 0) is 37.8 Å². The third kappa shape index (κ3) is 4.01. The summed E-state index contributed by atoms with van der Waals surface area (Å²) in [4.78, 5) is 3.94. The van der Waals surface area contributed by atoms with E-state index in [2.05, 4.69) is 10.3 Å². The van der Waals surface area contributed by atoms with Crippen LogP contribution in [-0.2, 0) is 6.18 Å². The second-order valence-corrected chi connectivity index (χ2v) is 5.78. The summed E-state index contributed by atoms with van der Waals surface area (Å²) >= 11 is 5.67. The summed E-state index contributed by atoms with van der Waals surface area (Å²) in [6, 6.07) is 1.96. The van der Waals surface area contributed by atoms with Gasteiger partial charge in [0.15, 0.2) is 0 Å². The summed E-state index contributed by atoms with van der Waals surface area (Å²) in [5.41, 5.74) is -0.768. The molecule has 0 spiro atoms. The number of nitrogens with one attached hydrogen (secondary N) is 1. The van der Waals surface area contributed by atoms with Gasteiger partial charge in [0.2, 0.25) is 0 Å². The molecule has 1 aromatic heterocycles. The lowest BCUT2D eigenvalue weighted by Gasteiger charge is -2.28. The number of hydrogen-bond acceptors (Lipinski definition) is 2. The van der Waals surface area contributed by atoms with Crippen LogP contribution in [0.1, 0.15) is 44.6 Å². The van der Waals surface area contributed by atoms with Crippen molar-refractivity contribution in [3.05, 3.63) is 22.8 Å². The smallest absolute Gasteiger partial charge is 0.367 e. The lowest BCUT2D eigenvalue weighted by atomic mass is 9.84. The molecule has 1 N–H and O–H groups in total. The van der Waals surface area contributed by atoms with Crippen LogP contribution in [-0.4, -0.2) is 11.0 Å². The summed E-state index contributed by atoms with van der Waals surface area (Å²) < 4.78 is 38.2. The fourth-order valence-corrected chi connectivity index (χ4v) is 2.93.